The van der Waals surface area contributed by atoms with Gasteiger partial charge in [-0.1, -0.05) is 12.5 Å². The molecule has 2 unspecified atom stereocenters. The van der Waals surface area contributed by atoms with Crippen molar-refractivity contribution in [2.75, 3.05) is 20.8 Å². The number of aliphatic hydroxyl groups is 1. The fraction of sp³-hybridized carbons (Fsp3) is 0.571. The number of nitrogens with one attached hydrogen (secondary N) is 1. The topological polar surface area (TPSA) is 50.7 Å². The Bertz CT molecular complexity index is 366. The standard InChI is InChI=1S/C14H21NO3/c1-17-11-7-5-8-12(18-2)13(11)14(16)10-6-3-4-9-15-10/h5,7-8,10,14-16H,3-4,6,9H2,1-2H3. The molecule has 2 rings (SSSR count). The van der Waals surface area contributed by atoms with Crippen LogP contribution in [-0.2, 0) is 0 Å². The Labute approximate surface area is 108 Å². The van der Waals surface area contributed by atoms with E-state index in [4.69, 9.17) is 9.47 Å². The molecule has 0 spiro atoms. The molecule has 0 aliphatic carbocycles. The van der Waals surface area contributed by atoms with Gasteiger partial charge >= 0.3 is 0 Å². The number of benzene rings is 1. The van der Waals surface area contributed by atoms with Gasteiger partial charge in [0.05, 0.1) is 19.8 Å². The molecule has 0 saturated carbocycles. The van der Waals surface area contributed by atoms with Crippen LogP contribution in [0.4, 0.5) is 0 Å². The molecule has 2 atom stereocenters. The van der Waals surface area contributed by atoms with Crippen LogP contribution in [0.15, 0.2) is 18.2 Å². The molecular formula is C14H21NO3. The van der Waals surface area contributed by atoms with Crippen LogP contribution in [0.25, 0.3) is 0 Å². The minimum atomic E-state index is -0.601. The second-order valence-electron chi connectivity index (χ2n) is 4.58. The van der Waals surface area contributed by atoms with Gasteiger partial charge < -0.3 is 19.9 Å². The lowest BCUT2D eigenvalue weighted by atomic mass is 9.94. The summed E-state index contributed by atoms with van der Waals surface area (Å²) in [5.41, 5.74) is 0.738. The van der Waals surface area contributed by atoms with Crippen molar-refractivity contribution in [1.82, 2.24) is 5.32 Å². The van der Waals surface area contributed by atoms with E-state index < -0.39 is 6.10 Å². The first-order valence-electron chi connectivity index (χ1n) is 6.40. The van der Waals surface area contributed by atoms with Gasteiger partial charge in [0, 0.05) is 6.04 Å². The SMILES string of the molecule is COc1cccc(OC)c1C(O)C1CCCCN1. The molecule has 1 fully saturated rings. The Kier molecular flexibility index (Phi) is 4.44. The van der Waals surface area contributed by atoms with Crippen LogP contribution >= 0.6 is 0 Å². The smallest absolute Gasteiger partial charge is 0.128 e. The average Bonchev–Trinajstić information content (AvgIpc) is 2.46. The normalized spacial score (nSPS) is 21.4. The van der Waals surface area contributed by atoms with Crippen LogP contribution in [0.3, 0.4) is 0 Å². The highest BCUT2D eigenvalue weighted by Gasteiger charge is 2.27. The summed E-state index contributed by atoms with van der Waals surface area (Å²) in [6.07, 6.45) is 2.69. The molecule has 0 bridgehead atoms. The minimum absolute atomic E-state index is 0.0731. The molecule has 4 heteroatoms. The second kappa shape index (κ2) is 6.07. The van der Waals surface area contributed by atoms with Crippen molar-refractivity contribution < 1.29 is 14.6 Å². The van der Waals surface area contributed by atoms with Crippen molar-refractivity contribution in [2.45, 2.75) is 31.4 Å². The lowest BCUT2D eigenvalue weighted by Gasteiger charge is -2.29. The molecule has 1 aliphatic heterocycles. The summed E-state index contributed by atoms with van der Waals surface area (Å²) in [6.45, 7) is 0.958. The van der Waals surface area contributed by atoms with Crippen molar-refractivity contribution in [1.29, 1.82) is 0 Å². The molecule has 4 nitrogen and oxygen atoms in total. The van der Waals surface area contributed by atoms with Crippen molar-refractivity contribution in [3.05, 3.63) is 23.8 Å². The largest absolute Gasteiger partial charge is 0.496 e. The summed E-state index contributed by atoms with van der Waals surface area (Å²) in [6, 6.07) is 5.64. The van der Waals surface area contributed by atoms with Gasteiger partial charge in [-0.15, -0.1) is 0 Å². The van der Waals surface area contributed by atoms with Crippen LogP contribution in [0.1, 0.15) is 30.9 Å². The third-order valence-electron chi connectivity index (χ3n) is 3.49. The molecule has 18 heavy (non-hydrogen) atoms. The van der Waals surface area contributed by atoms with E-state index in [1.807, 2.05) is 18.2 Å². The lowest BCUT2D eigenvalue weighted by Crippen LogP contribution is -2.39. The van der Waals surface area contributed by atoms with Crippen LogP contribution in [0.5, 0.6) is 11.5 Å². The first-order valence-corrected chi connectivity index (χ1v) is 6.40. The zero-order valence-corrected chi connectivity index (χ0v) is 11.0. The van der Waals surface area contributed by atoms with Crippen molar-refractivity contribution >= 4 is 0 Å². The Morgan fingerprint density at radius 3 is 2.39 bits per heavy atom. The van der Waals surface area contributed by atoms with Gasteiger partial charge in [-0.3, -0.25) is 0 Å². The zero-order chi connectivity index (χ0) is 13.0. The highest BCUT2D eigenvalue weighted by molar-refractivity contribution is 5.46. The molecule has 1 aromatic carbocycles. The Balaban J connectivity index is 2.29. The predicted octanol–water partition coefficient (Wildman–Crippen LogP) is 1.88. The van der Waals surface area contributed by atoms with E-state index >= 15 is 0 Å². The molecule has 0 aromatic heterocycles. The third-order valence-corrected chi connectivity index (χ3v) is 3.49. The van der Waals surface area contributed by atoms with E-state index in [-0.39, 0.29) is 6.04 Å². The molecule has 1 saturated heterocycles. The summed E-state index contributed by atoms with van der Waals surface area (Å²) in [5, 5.41) is 13.9. The predicted molar refractivity (Wildman–Crippen MR) is 70.1 cm³/mol. The number of hydrogen-bond acceptors (Lipinski definition) is 4. The summed E-state index contributed by atoms with van der Waals surface area (Å²) in [5.74, 6) is 1.35. The fourth-order valence-corrected chi connectivity index (χ4v) is 2.52. The number of aliphatic hydroxyl groups excluding tert-OH is 1. The maximum atomic E-state index is 10.5. The van der Waals surface area contributed by atoms with E-state index in [2.05, 4.69) is 5.32 Å². The molecule has 100 valence electrons. The highest BCUT2D eigenvalue weighted by atomic mass is 16.5. The fourth-order valence-electron chi connectivity index (χ4n) is 2.52. The van der Waals surface area contributed by atoms with Gasteiger partial charge in [-0.05, 0) is 31.5 Å². The van der Waals surface area contributed by atoms with E-state index in [0.29, 0.717) is 11.5 Å². The van der Waals surface area contributed by atoms with Gasteiger partial charge in [0.25, 0.3) is 0 Å². The van der Waals surface area contributed by atoms with Crippen molar-refractivity contribution in [3.63, 3.8) is 0 Å². The third kappa shape index (κ3) is 2.60. The maximum absolute atomic E-state index is 10.5. The second-order valence-corrected chi connectivity index (χ2v) is 4.58. The van der Waals surface area contributed by atoms with Crippen LogP contribution < -0.4 is 14.8 Å². The van der Waals surface area contributed by atoms with Crippen LogP contribution in [0, 0.1) is 0 Å². The first kappa shape index (κ1) is 13.2. The molecule has 1 heterocycles. The van der Waals surface area contributed by atoms with E-state index in [9.17, 15) is 5.11 Å². The van der Waals surface area contributed by atoms with Gasteiger partial charge in [-0.25, -0.2) is 0 Å². The molecular weight excluding hydrogens is 230 g/mol. The number of ether oxygens (including phenoxy) is 2. The van der Waals surface area contributed by atoms with Crippen LogP contribution in [-0.4, -0.2) is 31.9 Å². The summed E-state index contributed by atoms with van der Waals surface area (Å²) in [7, 11) is 3.22. The number of piperidine rings is 1. The first-order chi connectivity index (χ1) is 8.77. The van der Waals surface area contributed by atoms with Crippen molar-refractivity contribution in [2.24, 2.45) is 0 Å². The minimum Gasteiger partial charge on any atom is -0.496 e. The zero-order valence-electron chi connectivity index (χ0n) is 11.0. The number of rotatable bonds is 4. The Hall–Kier alpha value is -1.26. The monoisotopic (exact) mass is 251 g/mol. The highest BCUT2D eigenvalue weighted by Crippen LogP contribution is 2.36. The maximum Gasteiger partial charge on any atom is 0.128 e. The van der Waals surface area contributed by atoms with Gasteiger partial charge in [0.15, 0.2) is 0 Å². The molecule has 0 radical (unpaired) electrons. The molecule has 1 aromatic rings. The quantitative estimate of drug-likeness (QED) is 0.858. The van der Waals surface area contributed by atoms with E-state index in [0.717, 1.165) is 24.9 Å². The van der Waals surface area contributed by atoms with E-state index in [1.54, 1.807) is 14.2 Å². The molecule has 2 N–H and O–H groups in total. The number of hydrogen-bond donors (Lipinski definition) is 2. The average molecular weight is 251 g/mol. The summed E-state index contributed by atoms with van der Waals surface area (Å²) in [4.78, 5) is 0. The molecule has 0 amide bonds. The molecule has 1 aliphatic rings. The summed E-state index contributed by atoms with van der Waals surface area (Å²) < 4.78 is 10.7. The van der Waals surface area contributed by atoms with Crippen LogP contribution in [0.2, 0.25) is 0 Å². The summed E-state index contributed by atoms with van der Waals surface area (Å²) >= 11 is 0. The van der Waals surface area contributed by atoms with Gasteiger partial charge in [0.1, 0.15) is 17.6 Å². The van der Waals surface area contributed by atoms with Gasteiger partial charge in [-0.2, -0.15) is 0 Å². The van der Waals surface area contributed by atoms with E-state index in [1.165, 1.54) is 6.42 Å². The van der Waals surface area contributed by atoms with Gasteiger partial charge in [0.2, 0.25) is 0 Å². The Morgan fingerprint density at radius 2 is 1.89 bits per heavy atom. The Morgan fingerprint density at radius 1 is 1.22 bits per heavy atom. The number of methoxy groups -OCH3 is 2. The lowest BCUT2D eigenvalue weighted by molar-refractivity contribution is 0.108. The van der Waals surface area contributed by atoms with Crippen molar-refractivity contribution in [3.8, 4) is 11.5 Å².